The fraction of sp³-hybridized carbons (Fsp3) is 0.400. The van der Waals surface area contributed by atoms with Crippen LogP contribution in [0, 0.1) is 13.8 Å². The summed E-state index contributed by atoms with van der Waals surface area (Å²) in [5.74, 6) is 0. The molecule has 3 heteroatoms. The number of aryl methyl sites for hydroxylation is 3. The van der Waals surface area contributed by atoms with Crippen LogP contribution in [0.3, 0.4) is 0 Å². The van der Waals surface area contributed by atoms with Crippen molar-refractivity contribution in [1.29, 1.82) is 0 Å². The van der Waals surface area contributed by atoms with Gasteiger partial charge in [-0.05, 0) is 51.0 Å². The van der Waals surface area contributed by atoms with E-state index in [1.165, 1.54) is 32.9 Å². The second-order valence-corrected chi connectivity index (χ2v) is 6.44. The van der Waals surface area contributed by atoms with Crippen molar-refractivity contribution in [2.75, 3.05) is 13.2 Å². The maximum atomic E-state index is 8.83. The number of fused-ring (bicyclic) bond motifs is 3. The van der Waals surface area contributed by atoms with Crippen molar-refractivity contribution in [2.45, 2.75) is 32.8 Å². The van der Waals surface area contributed by atoms with Gasteiger partial charge in [0.05, 0.1) is 6.10 Å². The number of hydrogen-bond acceptors (Lipinski definition) is 2. The van der Waals surface area contributed by atoms with Gasteiger partial charge in [0.15, 0.2) is 0 Å². The van der Waals surface area contributed by atoms with E-state index in [-0.39, 0.29) is 6.10 Å². The van der Waals surface area contributed by atoms with E-state index >= 15 is 0 Å². The van der Waals surface area contributed by atoms with E-state index in [9.17, 15) is 0 Å². The SMILES string of the molecule is Cc1ccc2c(c1)c1cc(C)ccc1n2C.OC1CCOCC1. The predicted octanol–water partition coefficient (Wildman–Crippen LogP) is 4.11. The van der Waals surface area contributed by atoms with E-state index in [0.29, 0.717) is 0 Å². The summed E-state index contributed by atoms with van der Waals surface area (Å²) < 4.78 is 7.25. The van der Waals surface area contributed by atoms with Gasteiger partial charge in [-0.15, -0.1) is 0 Å². The van der Waals surface area contributed by atoms with Crippen LogP contribution in [-0.4, -0.2) is 29.0 Å². The summed E-state index contributed by atoms with van der Waals surface area (Å²) in [5.41, 5.74) is 5.26. The molecule has 0 bridgehead atoms. The molecule has 122 valence electrons. The van der Waals surface area contributed by atoms with Crippen LogP contribution in [-0.2, 0) is 11.8 Å². The Kier molecular flexibility index (Phi) is 4.69. The highest BCUT2D eigenvalue weighted by Gasteiger charge is 2.08. The maximum Gasteiger partial charge on any atom is 0.0584 e. The molecule has 4 rings (SSSR count). The standard InChI is InChI=1S/C15H15N.C5H10O2/c1-10-4-6-14-12(8-10)13-9-11(2)5-7-15(13)16(14)3;6-5-1-3-7-4-2-5/h4-9H,1-3H3;5-6H,1-4H2. The zero-order valence-corrected chi connectivity index (χ0v) is 14.2. The van der Waals surface area contributed by atoms with Gasteiger partial charge in [-0.3, -0.25) is 0 Å². The number of aliphatic hydroxyl groups excluding tert-OH is 1. The van der Waals surface area contributed by atoms with E-state index in [1.54, 1.807) is 0 Å². The Labute approximate surface area is 137 Å². The summed E-state index contributed by atoms with van der Waals surface area (Å²) in [6.45, 7) is 5.77. The Hall–Kier alpha value is -1.84. The average Bonchev–Trinajstić information content (AvgIpc) is 2.81. The number of hydrogen-bond donors (Lipinski definition) is 1. The lowest BCUT2D eigenvalue weighted by molar-refractivity contribution is 0.0140. The molecule has 0 spiro atoms. The molecule has 0 aliphatic carbocycles. The first-order valence-corrected chi connectivity index (χ1v) is 8.27. The van der Waals surface area contributed by atoms with Gasteiger partial charge in [-0.2, -0.15) is 0 Å². The van der Waals surface area contributed by atoms with Crippen molar-refractivity contribution in [3.8, 4) is 0 Å². The van der Waals surface area contributed by atoms with Crippen LogP contribution in [0.1, 0.15) is 24.0 Å². The van der Waals surface area contributed by atoms with Gasteiger partial charge in [-0.1, -0.05) is 23.3 Å². The third kappa shape index (κ3) is 3.41. The van der Waals surface area contributed by atoms with E-state index in [0.717, 1.165) is 26.1 Å². The van der Waals surface area contributed by atoms with E-state index in [1.807, 2.05) is 0 Å². The Morgan fingerprint density at radius 3 is 1.78 bits per heavy atom. The van der Waals surface area contributed by atoms with Gasteiger partial charge in [0.1, 0.15) is 0 Å². The molecule has 0 radical (unpaired) electrons. The third-order valence-corrected chi connectivity index (χ3v) is 4.51. The Balaban J connectivity index is 0.000000188. The Morgan fingerprint density at radius 1 is 0.913 bits per heavy atom. The molecule has 3 aromatic rings. The smallest absolute Gasteiger partial charge is 0.0584 e. The molecular weight excluding hydrogens is 286 g/mol. The number of benzene rings is 2. The molecule has 1 aliphatic heterocycles. The molecular formula is C20H25NO2. The van der Waals surface area contributed by atoms with Gasteiger partial charge in [0.25, 0.3) is 0 Å². The van der Waals surface area contributed by atoms with Crippen LogP contribution in [0.25, 0.3) is 21.8 Å². The summed E-state index contributed by atoms with van der Waals surface area (Å²) >= 11 is 0. The molecule has 0 amide bonds. The normalized spacial score (nSPS) is 15.7. The Bertz CT molecular complexity index is 754. The first-order chi connectivity index (χ1) is 11.1. The van der Waals surface area contributed by atoms with Crippen molar-refractivity contribution in [1.82, 2.24) is 4.57 Å². The fourth-order valence-electron chi connectivity index (χ4n) is 3.13. The van der Waals surface area contributed by atoms with Crippen molar-refractivity contribution in [3.05, 3.63) is 47.5 Å². The van der Waals surface area contributed by atoms with Crippen LogP contribution < -0.4 is 0 Å². The quantitative estimate of drug-likeness (QED) is 0.678. The molecule has 0 atom stereocenters. The first-order valence-electron chi connectivity index (χ1n) is 8.27. The van der Waals surface area contributed by atoms with E-state index in [2.05, 4.69) is 61.9 Å². The zero-order valence-electron chi connectivity index (χ0n) is 14.2. The minimum absolute atomic E-state index is 0.0891. The molecule has 1 saturated heterocycles. The van der Waals surface area contributed by atoms with E-state index in [4.69, 9.17) is 9.84 Å². The summed E-state index contributed by atoms with van der Waals surface area (Å²) in [6.07, 6.45) is 1.55. The average molecular weight is 311 g/mol. The second-order valence-electron chi connectivity index (χ2n) is 6.44. The van der Waals surface area contributed by atoms with Crippen molar-refractivity contribution in [3.63, 3.8) is 0 Å². The fourth-order valence-corrected chi connectivity index (χ4v) is 3.13. The lowest BCUT2D eigenvalue weighted by Gasteiger charge is -2.15. The number of ether oxygens (including phenoxy) is 1. The van der Waals surface area contributed by atoms with Crippen molar-refractivity contribution in [2.24, 2.45) is 7.05 Å². The molecule has 2 aromatic carbocycles. The number of rotatable bonds is 0. The van der Waals surface area contributed by atoms with Gasteiger partial charge in [0, 0.05) is 42.1 Å². The highest BCUT2D eigenvalue weighted by Crippen LogP contribution is 2.29. The molecule has 3 nitrogen and oxygen atoms in total. The predicted molar refractivity (Wildman–Crippen MR) is 96.0 cm³/mol. The highest BCUT2D eigenvalue weighted by molar-refractivity contribution is 6.08. The lowest BCUT2D eigenvalue weighted by Crippen LogP contribution is -2.19. The molecule has 2 heterocycles. The number of nitrogens with zero attached hydrogens (tertiary/aromatic N) is 1. The van der Waals surface area contributed by atoms with Crippen LogP contribution in [0.4, 0.5) is 0 Å². The summed E-state index contributed by atoms with van der Waals surface area (Å²) in [6, 6.07) is 13.3. The van der Waals surface area contributed by atoms with E-state index < -0.39 is 0 Å². The van der Waals surface area contributed by atoms with Gasteiger partial charge < -0.3 is 14.4 Å². The topological polar surface area (TPSA) is 34.4 Å². The minimum Gasteiger partial charge on any atom is -0.393 e. The third-order valence-electron chi connectivity index (χ3n) is 4.51. The molecule has 1 fully saturated rings. The summed E-state index contributed by atoms with van der Waals surface area (Å²) in [4.78, 5) is 0. The maximum absolute atomic E-state index is 8.83. The molecule has 1 N–H and O–H groups in total. The van der Waals surface area contributed by atoms with Crippen LogP contribution >= 0.6 is 0 Å². The minimum atomic E-state index is -0.0891. The summed E-state index contributed by atoms with van der Waals surface area (Å²) in [5, 5.41) is 11.6. The van der Waals surface area contributed by atoms with Gasteiger partial charge in [0.2, 0.25) is 0 Å². The lowest BCUT2D eigenvalue weighted by atomic mass is 10.1. The summed E-state index contributed by atoms with van der Waals surface area (Å²) in [7, 11) is 2.13. The van der Waals surface area contributed by atoms with Crippen LogP contribution in [0.2, 0.25) is 0 Å². The zero-order chi connectivity index (χ0) is 16.4. The second kappa shape index (κ2) is 6.73. The van der Waals surface area contributed by atoms with Gasteiger partial charge >= 0.3 is 0 Å². The molecule has 1 aromatic heterocycles. The largest absolute Gasteiger partial charge is 0.393 e. The molecule has 23 heavy (non-hydrogen) atoms. The van der Waals surface area contributed by atoms with Crippen molar-refractivity contribution >= 4 is 21.8 Å². The number of aromatic nitrogens is 1. The van der Waals surface area contributed by atoms with Crippen LogP contribution in [0.5, 0.6) is 0 Å². The molecule has 0 unspecified atom stereocenters. The number of aliphatic hydroxyl groups is 1. The highest BCUT2D eigenvalue weighted by atomic mass is 16.5. The first kappa shape index (κ1) is 16.0. The van der Waals surface area contributed by atoms with Gasteiger partial charge in [-0.25, -0.2) is 0 Å². The molecule has 0 saturated carbocycles. The van der Waals surface area contributed by atoms with Crippen LogP contribution in [0.15, 0.2) is 36.4 Å². The Morgan fingerprint density at radius 2 is 1.39 bits per heavy atom. The monoisotopic (exact) mass is 311 g/mol. The van der Waals surface area contributed by atoms with Crippen molar-refractivity contribution < 1.29 is 9.84 Å². The molecule has 1 aliphatic rings.